The predicted molar refractivity (Wildman–Crippen MR) is 204 cm³/mol. The van der Waals surface area contributed by atoms with Crippen molar-refractivity contribution in [3.05, 3.63) is 144 Å². The molecule has 1 unspecified atom stereocenters. The maximum atomic E-state index is 13.6. The molecule has 1 heterocycles. The number of hydrogen-bond donors (Lipinski definition) is 3. The number of anilines is 2. The van der Waals surface area contributed by atoms with Gasteiger partial charge >= 0.3 is 0 Å². The van der Waals surface area contributed by atoms with Crippen molar-refractivity contribution in [2.75, 3.05) is 17.2 Å². The van der Waals surface area contributed by atoms with E-state index >= 15 is 0 Å². The molecule has 0 spiro atoms. The summed E-state index contributed by atoms with van der Waals surface area (Å²) in [7, 11) is 0. The van der Waals surface area contributed by atoms with Crippen molar-refractivity contribution in [1.29, 1.82) is 0 Å². The summed E-state index contributed by atoms with van der Waals surface area (Å²) in [5.41, 5.74) is 3.50. The van der Waals surface area contributed by atoms with Crippen LogP contribution >= 0.6 is 23.1 Å². The SMILES string of the molecule is CCOc1ccc(/C=C(/NC(=O)c2ccccc2)C(=O)Nc2cccc(SC(C)C(=O)Nc3nc(-c4ccc5ccccc5c4)cs3)c2)cc1. The molecule has 0 aliphatic carbocycles. The van der Waals surface area contributed by atoms with E-state index in [9.17, 15) is 14.4 Å². The Morgan fingerprint density at radius 2 is 1.60 bits per heavy atom. The van der Waals surface area contributed by atoms with Crippen LogP contribution in [0.25, 0.3) is 28.1 Å². The molecule has 10 heteroatoms. The lowest BCUT2D eigenvalue weighted by Crippen LogP contribution is -2.30. The van der Waals surface area contributed by atoms with Gasteiger partial charge in [-0.2, -0.15) is 0 Å². The van der Waals surface area contributed by atoms with Crippen LogP contribution in [0.15, 0.2) is 137 Å². The smallest absolute Gasteiger partial charge is 0.272 e. The van der Waals surface area contributed by atoms with Gasteiger partial charge in [-0.1, -0.05) is 72.8 Å². The number of fused-ring (bicyclic) bond motifs is 1. The topological polar surface area (TPSA) is 109 Å². The van der Waals surface area contributed by atoms with Gasteiger partial charge in [0.1, 0.15) is 11.4 Å². The quantitative estimate of drug-likeness (QED) is 0.0870. The van der Waals surface area contributed by atoms with Gasteiger partial charge in [0.15, 0.2) is 5.13 Å². The molecule has 3 N–H and O–H groups in total. The number of nitrogens with zero attached hydrogens (tertiary/aromatic N) is 1. The second-order valence-corrected chi connectivity index (χ2v) is 13.5. The van der Waals surface area contributed by atoms with Gasteiger partial charge in [0.05, 0.1) is 17.6 Å². The lowest BCUT2D eigenvalue weighted by atomic mass is 10.1. The molecule has 1 atom stereocenters. The van der Waals surface area contributed by atoms with Crippen LogP contribution in [0.3, 0.4) is 0 Å². The zero-order chi connectivity index (χ0) is 34.9. The molecule has 0 saturated carbocycles. The number of hydrogen-bond acceptors (Lipinski definition) is 7. The summed E-state index contributed by atoms with van der Waals surface area (Å²) in [5, 5.41) is 12.9. The number of thiazole rings is 1. The second kappa shape index (κ2) is 16.1. The van der Waals surface area contributed by atoms with E-state index in [4.69, 9.17) is 4.74 Å². The van der Waals surface area contributed by atoms with Gasteiger partial charge < -0.3 is 20.7 Å². The molecule has 8 nitrogen and oxygen atoms in total. The van der Waals surface area contributed by atoms with Crippen LogP contribution < -0.4 is 20.7 Å². The average molecular weight is 699 g/mol. The van der Waals surface area contributed by atoms with Gasteiger partial charge in [0, 0.05) is 27.1 Å². The molecule has 6 rings (SSSR count). The molecule has 0 radical (unpaired) electrons. The molecule has 250 valence electrons. The Balaban J connectivity index is 1.11. The van der Waals surface area contributed by atoms with Gasteiger partial charge in [0.2, 0.25) is 5.91 Å². The van der Waals surface area contributed by atoms with Crippen LogP contribution in [-0.2, 0) is 9.59 Å². The number of carbonyl (C=O) groups is 3. The third-order valence-electron chi connectivity index (χ3n) is 7.58. The lowest BCUT2D eigenvalue weighted by Gasteiger charge is -2.14. The van der Waals surface area contributed by atoms with Crippen molar-refractivity contribution in [1.82, 2.24) is 10.3 Å². The highest BCUT2D eigenvalue weighted by Crippen LogP contribution is 2.30. The molecule has 1 aromatic heterocycles. The Hall–Kier alpha value is -5.71. The normalized spacial score (nSPS) is 11.8. The van der Waals surface area contributed by atoms with Crippen molar-refractivity contribution < 1.29 is 19.1 Å². The third-order valence-corrected chi connectivity index (χ3v) is 9.44. The van der Waals surface area contributed by atoms with Crippen LogP contribution in [0.4, 0.5) is 10.8 Å². The van der Waals surface area contributed by atoms with Crippen molar-refractivity contribution in [2.24, 2.45) is 0 Å². The molecular formula is C40H34N4O4S2. The van der Waals surface area contributed by atoms with E-state index in [-0.39, 0.29) is 11.6 Å². The fraction of sp³-hybridized carbons (Fsp3) is 0.100. The summed E-state index contributed by atoms with van der Waals surface area (Å²) < 4.78 is 5.53. The number of rotatable bonds is 12. The lowest BCUT2D eigenvalue weighted by molar-refractivity contribution is -0.115. The molecule has 50 heavy (non-hydrogen) atoms. The monoisotopic (exact) mass is 698 g/mol. The number of thioether (sulfide) groups is 1. The molecule has 0 aliphatic heterocycles. The summed E-state index contributed by atoms with van der Waals surface area (Å²) in [5.74, 6) is -0.388. The van der Waals surface area contributed by atoms with Crippen molar-refractivity contribution >= 4 is 68.5 Å². The number of aromatic nitrogens is 1. The Kier molecular flexibility index (Phi) is 11.0. The maximum Gasteiger partial charge on any atom is 0.272 e. The largest absolute Gasteiger partial charge is 0.494 e. The number of amides is 3. The standard InChI is InChI=1S/C40H34N4O4S2/c1-3-48-33-20-16-27(17-21-33)22-35(42-38(46)29-11-5-4-6-12-29)39(47)41-32-14-9-15-34(24-32)50-26(2)37(45)44-40-43-36(25-49-40)31-19-18-28-10-7-8-13-30(28)23-31/h4-26H,3H2,1-2H3,(H,41,47)(H,42,46)(H,43,44,45)/b35-22+. The molecule has 0 bridgehead atoms. The minimum atomic E-state index is -0.498. The van der Waals surface area contributed by atoms with Crippen LogP contribution in [0.5, 0.6) is 5.75 Å². The summed E-state index contributed by atoms with van der Waals surface area (Å²) in [4.78, 5) is 45.2. The third kappa shape index (κ3) is 8.84. The first-order chi connectivity index (χ1) is 24.3. The molecule has 0 fully saturated rings. The van der Waals surface area contributed by atoms with Crippen molar-refractivity contribution in [3.8, 4) is 17.0 Å². The van der Waals surface area contributed by atoms with E-state index in [2.05, 4.69) is 45.2 Å². The minimum Gasteiger partial charge on any atom is -0.494 e. The molecule has 0 saturated heterocycles. The first-order valence-electron chi connectivity index (χ1n) is 16.0. The van der Waals surface area contributed by atoms with E-state index in [1.165, 1.54) is 23.1 Å². The minimum absolute atomic E-state index is 0.0697. The number of carbonyl (C=O) groups excluding carboxylic acids is 3. The average Bonchev–Trinajstić information content (AvgIpc) is 3.61. The molecule has 0 aliphatic rings. The van der Waals surface area contributed by atoms with Gasteiger partial charge in [-0.05, 0) is 84.8 Å². The zero-order valence-electron chi connectivity index (χ0n) is 27.4. The summed E-state index contributed by atoms with van der Waals surface area (Å²) in [6.07, 6.45) is 1.61. The zero-order valence-corrected chi connectivity index (χ0v) is 29.0. The first kappa shape index (κ1) is 34.2. The Bertz CT molecular complexity index is 2160. The van der Waals surface area contributed by atoms with E-state index in [1.54, 1.807) is 60.7 Å². The van der Waals surface area contributed by atoms with Crippen LogP contribution in [-0.4, -0.2) is 34.6 Å². The van der Waals surface area contributed by atoms with Crippen molar-refractivity contribution in [2.45, 2.75) is 24.0 Å². The van der Waals surface area contributed by atoms with Crippen LogP contribution in [0.1, 0.15) is 29.8 Å². The summed E-state index contributed by atoms with van der Waals surface area (Å²) in [6.45, 7) is 4.26. The van der Waals surface area contributed by atoms with E-state index in [1.807, 2.05) is 61.7 Å². The summed E-state index contributed by atoms with van der Waals surface area (Å²) in [6, 6.07) is 37.5. The van der Waals surface area contributed by atoms with E-state index < -0.39 is 17.1 Å². The van der Waals surface area contributed by atoms with Crippen LogP contribution in [0.2, 0.25) is 0 Å². The Morgan fingerprint density at radius 3 is 2.38 bits per heavy atom. The van der Waals surface area contributed by atoms with Crippen molar-refractivity contribution in [3.63, 3.8) is 0 Å². The fourth-order valence-electron chi connectivity index (χ4n) is 5.06. The highest BCUT2D eigenvalue weighted by molar-refractivity contribution is 8.00. The number of ether oxygens (including phenoxy) is 1. The fourth-order valence-corrected chi connectivity index (χ4v) is 6.71. The first-order valence-corrected chi connectivity index (χ1v) is 17.7. The Morgan fingerprint density at radius 1 is 0.840 bits per heavy atom. The number of benzene rings is 5. The van der Waals surface area contributed by atoms with Gasteiger partial charge in [-0.15, -0.1) is 23.1 Å². The van der Waals surface area contributed by atoms with Crippen LogP contribution in [0, 0.1) is 0 Å². The van der Waals surface area contributed by atoms with Gasteiger partial charge in [0.25, 0.3) is 11.8 Å². The van der Waals surface area contributed by atoms with E-state index in [0.717, 1.165) is 26.9 Å². The van der Waals surface area contributed by atoms with E-state index in [0.29, 0.717) is 34.3 Å². The maximum absolute atomic E-state index is 13.6. The second-order valence-electron chi connectivity index (χ2n) is 11.2. The highest BCUT2D eigenvalue weighted by Gasteiger charge is 2.19. The highest BCUT2D eigenvalue weighted by atomic mass is 32.2. The van der Waals surface area contributed by atoms with Gasteiger partial charge in [-0.25, -0.2) is 4.98 Å². The molecule has 6 aromatic rings. The molecule has 5 aromatic carbocycles. The Labute approximate surface area is 298 Å². The summed E-state index contributed by atoms with van der Waals surface area (Å²) >= 11 is 2.74. The predicted octanol–water partition coefficient (Wildman–Crippen LogP) is 8.89. The molecular weight excluding hydrogens is 665 g/mol. The molecule has 3 amide bonds. The van der Waals surface area contributed by atoms with Gasteiger partial charge in [-0.3, -0.25) is 14.4 Å². The number of nitrogens with one attached hydrogen (secondary N) is 3.